The summed E-state index contributed by atoms with van der Waals surface area (Å²) < 4.78 is 19.1. The summed E-state index contributed by atoms with van der Waals surface area (Å²) in [6.45, 7) is 3.30. The van der Waals surface area contributed by atoms with Crippen molar-refractivity contribution in [2.75, 3.05) is 20.3 Å². The molecule has 0 N–H and O–H groups in total. The third kappa shape index (κ3) is 3.27. The van der Waals surface area contributed by atoms with E-state index in [9.17, 15) is 14.0 Å². The number of methoxy groups -OCH3 is 1. The molecule has 0 radical (unpaired) electrons. The van der Waals surface area contributed by atoms with Crippen LogP contribution in [0.5, 0.6) is 0 Å². The van der Waals surface area contributed by atoms with E-state index in [2.05, 4.69) is 0 Å². The van der Waals surface area contributed by atoms with E-state index in [0.717, 1.165) is 6.42 Å². The minimum Gasteiger partial charge on any atom is -0.384 e. The molecule has 2 atom stereocenters. The van der Waals surface area contributed by atoms with Crippen LogP contribution in [0.2, 0.25) is 0 Å². The predicted octanol–water partition coefficient (Wildman–Crippen LogP) is 2.34. The number of hydrogen-bond donors (Lipinski definition) is 0. The number of carbonyl (C=O) groups excluding carboxylic acids is 2. The van der Waals surface area contributed by atoms with E-state index in [1.807, 2.05) is 11.8 Å². The second kappa shape index (κ2) is 7.12. The summed E-state index contributed by atoms with van der Waals surface area (Å²) in [5.74, 6) is -0.198. The molecular weight excluding hydrogens is 323 g/mol. The molecule has 25 heavy (non-hydrogen) atoms. The molecule has 0 aromatic heterocycles. The van der Waals surface area contributed by atoms with Crippen LogP contribution in [-0.4, -0.2) is 53.5 Å². The molecule has 2 fully saturated rings. The summed E-state index contributed by atoms with van der Waals surface area (Å²) in [6, 6.07) is 6.54. The Balaban J connectivity index is 1.81. The first kappa shape index (κ1) is 17.9. The van der Waals surface area contributed by atoms with Crippen LogP contribution in [0.1, 0.15) is 38.2 Å². The van der Waals surface area contributed by atoms with Crippen molar-refractivity contribution in [1.29, 1.82) is 0 Å². The molecule has 2 aliphatic heterocycles. The second-order valence-corrected chi connectivity index (χ2v) is 7.06. The average Bonchev–Trinajstić information content (AvgIpc) is 2.95. The third-order valence-electron chi connectivity index (χ3n) is 5.63. The molecule has 1 aromatic rings. The lowest BCUT2D eigenvalue weighted by Gasteiger charge is -2.47. The van der Waals surface area contributed by atoms with Crippen LogP contribution in [-0.2, 0) is 20.9 Å². The van der Waals surface area contributed by atoms with Crippen LogP contribution in [0, 0.1) is 5.82 Å². The minimum atomic E-state index is -0.444. The highest BCUT2D eigenvalue weighted by atomic mass is 19.1. The molecular formula is C19H25FN2O3. The lowest BCUT2D eigenvalue weighted by Crippen LogP contribution is -2.60. The molecule has 0 aliphatic carbocycles. The maximum absolute atomic E-state index is 14.1. The zero-order valence-corrected chi connectivity index (χ0v) is 14.8. The molecule has 0 saturated carbocycles. The van der Waals surface area contributed by atoms with Crippen LogP contribution in [0.3, 0.4) is 0 Å². The van der Waals surface area contributed by atoms with Crippen molar-refractivity contribution in [1.82, 2.24) is 9.80 Å². The SMILES string of the molecule is COCCC(=O)N1CC[C@@]2(C)[C@@H]1CCC(=O)N2Cc1ccccc1F. The van der Waals surface area contributed by atoms with Gasteiger partial charge in [0.25, 0.3) is 0 Å². The van der Waals surface area contributed by atoms with Gasteiger partial charge in [0.15, 0.2) is 0 Å². The lowest BCUT2D eigenvalue weighted by molar-refractivity contribution is -0.148. The second-order valence-electron chi connectivity index (χ2n) is 7.06. The fraction of sp³-hybridized carbons (Fsp3) is 0.579. The molecule has 2 aliphatic rings. The van der Waals surface area contributed by atoms with Gasteiger partial charge >= 0.3 is 0 Å². The molecule has 2 heterocycles. The van der Waals surface area contributed by atoms with Crippen LogP contribution in [0.4, 0.5) is 4.39 Å². The normalized spacial score (nSPS) is 26.0. The van der Waals surface area contributed by atoms with Gasteiger partial charge in [-0.1, -0.05) is 18.2 Å². The summed E-state index contributed by atoms with van der Waals surface area (Å²) in [5, 5.41) is 0. The van der Waals surface area contributed by atoms with Gasteiger partial charge in [0, 0.05) is 32.2 Å². The van der Waals surface area contributed by atoms with Crippen molar-refractivity contribution >= 4 is 11.8 Å². The van der Waals surface area contributed by atoms with Crippen molar-refractivity contribution in [2.24, 2.45) is 0 Å². The van der Waals surface area contributed by atoms with Crippen LogP contribution >= 0.6 is 0 Å². The van der Waals surface area contributed by atoms with Gasteiger partial charge in [-0.3, -0.25) is 9.59 Å². The van der Waals surface area contributed by atoms with Crippen molar-refractivity contribution < 1.29 is 18.7 Å². The van der Waals surface area contributed by atoms with Gasteiger partial charge in [0.2, 0.25) is 11.8 Å². The minimum absolute atomic E-state index is 0.0127. The Hall–Kier alpha value is -1.95. The molecule has 0 spiro atoms. The molecule has 136 valence electrons. The average molecular weight is 348 g/mol. The maximum atomic E-state index is 14.1. The van der Waals surface area contributed by atoms with Crippen molar-refractivity contribution in [3.63, 3.8) is 0 Å². The van der Waals surface area contributed by atoms with Crippen LogP contribution < -0.4 is 0 Å². The Morgan fingerprint density at radius 2 is 2.16 bits per heavy atom. The van der Waals surface area contributed by atoms with E-state index in [-0.39, 0.29) is 30.2 Å². The van der Waals surface area contributed by atoms with Crippen molar-refractivity contribution in [2.45, 2.75) is 50.7 Å². The molecule has 2 saturated heterocycles. The summed E-state index contributed by atoms with van der Waals surface area (Å²) in [7, 11) is 1.58. The van der Waals surface area contributed by atoms with Gasteiger partial charge in [0.1, 0.15) is 5.82 Å². The number of amides is 2. The van der Waals surface area contributed by atoms with E-state index in [1.165, 1.54) is 6.07 Å². The number of halogens is 1. The Kier molecular flexibility index (Phi) is 5.08. The monoisotopic (exact) mass is 348 g/mol. The standard InChI is InChI=1S/C19H25FN2O3/c1-19-10-11-21(17(23)9-12-25-2)16(19)7-8-18(24)22(19)13-14-5-3-4-6-15(14)20/h3-6,16H,7-13H2,1-2H3/t16-,19-/m0/s1. The quantitative estimate of drug-likeness (QED) is 0.821. The van der Waals surface area contributed by atoms with Crippen molar-refractivity contribution in [3.05, 3.63) is 35.6 Å². The number of piperidine rings is 1. The molecule has 6 heteroatoms. The summed E-state index contributed by atoms with van der Waals surface area (Å²) in [4.78, 5) is 28.7. The van der Waals surface area contributed by atoms with E-state index in [4.69, 9.17) is 4.74 Å². The van der Waals surface area contributed by atoms with E-state index in [0.29, 0.717) is 38.0 Å². The largest absolute Gasteiger partial charge is 0.384 e. The third-order valence-corrected chi connectivity index (χ3v) is 5.63. The van der Waals surface area contributed by atoms with Gasteiger partial charge in [-0.25, -0.2) is 4.39 Å². The van der Waals surface area contributed by atoms with Gasteiger partial charge < -0.3 is 14.5 Å². The Morgan fingerprint density at radius 3 is 2.88 bits per heavy atom. The van der Waals surface area contributed by atoms with E-state index in [1.54, 1.807) is 30.2 Å². The maximum Gasteiger partial charge on any atom is 0.225 e. The summed E-state index contributed by atoms with van der Waals surface area (Å²) in [5.41, 5.74) is 0.0715. The molecule has 3 rings (SSSR count). The zero-order valence-electron chi connectivity index (χ0n) is 14.8. The number of rotatable bonds is 5. The lowest BCUT2D eigenvalue weighted by atomic mass is 9.83. The smallest absolute Gasteiger partial charge is 0.225 e. The topological polar surface area (TPSA) is 49.9 Å². The number of likely N-dealkylation sites (tertiary alicyclic amines) is 2. The number of benzene rings is 1. The highest BCUT2D eigenvalue weighted by Crippen LogP contribution is 2.41. The van der Waals surface area contributed by atoms with Crippen molar-refractivity contribution in [3.8, 4) is 0 Å². The Bertz CT molecular complexity index is 666. The highest BCUT2D eigenvalue weighted by Gasteiger charge is 2.53. The molecule has 5 nitrogen and oxygen atoms in total. The first-order chi connectivity index (χ1) is 12.0. The first-order valence-electron chi connectivity index (χ1n) is 8.79. The van der Waals surface area contributed by atoms with Crippen LogP contribution in [0.15, 0.2) is 24.3 Å². The van der Waals surface area contributed by atoms with E-state index < -0.39 is 5.54 Å². The molecule has 1 aromatic carbocycles. The summed E-state index contributed by atoms with van der Waals surface area (Å²) >= 11 is 0. The Morgan fingerprint density at radius 1 is 1.40 bits per heavy atom. The number of hydrogen-bond acceptors (Lipinski definition) is 3. The summed E-state index contributed by atoms with van der Waals surface area (Å²) in [6.07, 6.45) is 2.13. The predicted molar refractivity (Wildman–Crippen MR) is 91.2 cm³/mol. The van der Waals surface area contributed by atoms with Gasteiger partial charge in [-0.15, -0.1) is 0 Å². The number of fused-ring (bicyclic) bond motifs is 1. The first-order valence-corrected chi connectivity index (χ1v) is 8.79. The van der Waals surface area contributed by atoms with Gasteiger partial charge in [-0.2, -0.15) is 0 Å². The van der Waals surface area contributed by atoms with E-state index >= 15 is 0 Å². The van der Waals surface area contributed by atoms with Gasteiger partial charge in [-0.05, 0) is 25.8 Å². The fourth-order valence-electron chi connectivity index (χ4n) is 4.16. The molecule has 0 unspecified atom stereocenters. The highest BCUT2D eigenvalue weighted by molar-refractivity contribution is 5.81. The molecule has 2 amide bonds. The number of carbonyl (C=O) groups is 2. The van der Waals surface area contributed by atoms with Crippen LogP contribution in [0.25, 0.3) is 0 Å². The van der Waals surface area contributed by atoms with Gasteiger partial charge in [0.05, 0.1) is 24.6 Å². The fourth-order valence-corrected chi connectivity index (χ4v) is 4.16. The number of nitrogens with zero attached hydrogens (tertiary/aromatic N) is 2. The Labute approximate surface area is 147 Å². The number of ether oxygens (including phenoxy) is 1. The zero-order chi connectivity index (χ0) is 18.0. The molecule has 0 bridgehead atoms.